The zero-order chi connectivity index (χ0) is 20.2. The number of benzene rings is 2. The van der Waals surface area contributed by atoms with Crippen molar-refractivity contribution in [2.45, 2.75) is 13.2 Å². The number of halogens is 2. The van der Waals surface area contributed by atoms with Crippen LogP contribution >= 0.6 is 0 Å². The van der Waals surface area contributed by atoms with E-state index in [-0.39, 0.29) is 17.9 Å². The first-order chi connectivity index (χ1) is 14.1. The number of hydrogen-bond donors (Lipinski definition) is 1. The standard InChI is InChI=1S/C20H15F2N5O2/c21-20(22)29-15-8-6-13(7-9-15)16-10-11-18(28)27(26-16)12-17-23-19(25-24-17)14-4-2-1-3-5-14/h1-11,20H,12H2,(H,23,24,25). The number of nitrogens with zero attached hydrogens (tertiary/aromatic N) is 4. The maximum Gasteiger partial charge on any atom is 0.387 e. The molecular weight excluding hydrogens is 380 g/mol. The summed E-state index contributed by atoms with van der Waals surface area (Å²) in [5, 5.41) is 12.5. The molecule has 0 aliphatic heterocycles. The van der Waals surface area contributed by atoms with E-state index in [2.05, 4.69) is 25.0 Å². The summed E-state index contributed by atoms with van der Waals surface area (Å²) in [6, 6.07) is 18.5. The number of aromatic nitrogens is 5. The molecule has 0 unspecified atom stereocenters. The Morgan fingerprint density at radius 3 is 2.41 bits per heavy atom. The minimum Gasteiger partial charge on any atom is -0.435 e. The predicted octanol–water partition coefficient (Wildman–Crippen LogP) is 3.35. The van der Waals surface area contributed by atoms with Crippen molar-refractivity contribution in [2.75, 3.05) is 0 Å². The number of H-pyrrole nitrogens is 1. The Labute approximate surface area is 163 Å². The summed E-state index contributed by atoms with van der Waals surface area (Å²) in [6.07, 6.45) is 0. The van der Waals surface area contributed by atoms with E-state index in [1.807, 2.05) is 30.3 Å². The molecule has 9 heteroatoms. The van der Waals surface area contributed by atoms with Crippen molar-refractivity contribution in [3.8, 4) is 28.4 Å². The van der Waals surface area contributed by atoms with E-state index < -0.39 is 6.61 Å². The van der Waals surface area contributed by atoms with E-state index in [1.54, 1.807) is 18.2 Å². The van der Waals surface area contributed by atoms with Gasteiger partial charge in [-0.05, 0) is 30.3 Å². The molecule has 0 aliphatic rings. The average Bonchev–Trinajstić information content (AvgIpc) is 3.19. The minimum atomic E-state index is -2.89. The van der Waals surface area contributed by atoms with Crippen LogP contribution in [0, 0.1) is 0 Å². The third-order valence-electron chi connectivity index (χ3n) is 4.12. The molecule has 0 spiro atoms. The highest BCUT2D eigenvalue weighted by molar-refractivity contribution is 5.59. The van der Waals surface area contributed by atoms with Gasteiger partial charge in [0.15, 0.2) is 11.6 Å². The monoisotopic (exact) mass is 395 g/mol. The van der Waals surface area contributed by atoms with Crippen LogP contribution in [0.4, 0.5) is 8.78 Å². The molecular formula is C20H15F2N5O2. The molecule has 146 valence electrons. The van der Waals surface area contributed by atoms with Crippen molar-refractivity contribution < 1.29 is 13.5 Å². The summed E-state index contributed by atoms with van der Waals surface area (Å²) in [5.41, 5.74) is 1.74. The van der Waals surface area contributed by atoms with E-state index >= 15 is 0 Å². The molecule has 7 nitrogen and oxygen atoms in total. The van der Waals surface area contributed by atoms with E-state index in [4.69, 9.17) is 0 Å². The molecule has 0 atom stereocenters. The van der Waals surface area contributed by atoms with Gasteiger partial charge in [-0.3, -0.25) is 4.79 Å². The Hall–Kier alpha value is -3.88. The van der Waals surface area contributed by atoms with Gasteiger partial charge in [0.25, 0.3) is 5.56 Å². The van der Waals surface area contributed by atoms with Crippen molar-refractivity contribution in [3.63, 3.8) is 0 Å². The molecule has 0 saturated carbocycles. The Morgan fingerprint density at radius 2 is 1.69 bits per heavy atom. The first kappa shape index (κ1) is 18.5. The second kappa shape index (κ2) is 8.01. The topological polar surface area (TPSA) is 85.7 Å². The van der Waals surface area contributed by atoms with Gasteiger partial charge in [-0.25, -0.2) is 4.68 Å². The van der Waals surface area contributed by atoms with Crippen LogP contribution in [-0.2, 0) is 6.54 Å². The summed E-state index contributed by atoms with van der Waals surface area (Å²) in [6.45, 7) is -2.78. The summed E-state index contributed by atoms with van der Waals surface area (Å²) >= 11 is 0. The molecule has 1 N–H and O–H groups in total. The Kier molecular flexibility index (Phi) is 5.10. The van der Waals surface area contributed by atoms with Crippen molar-refractivity contribution in [1.82, 2.24) is 25.0 Å². The van der Waals surface area contributed by atoms with E-state index in [0.29, 0.717) is 22.9 Å². The number of alkyl halides is 2. The molecule has 0 radical (unpaired) electrons. The lowest BCUT2D eigenvalue weighted by molar-refractivity contribution is -0.0498. The summed E-state index contributed by atoms with van der Waals surface area (Å²) in [4.78, 5) is 15.3. The number of aromatic amines is 1. The largest absolute Gasteiger partial charge is 0.435 e. The Balaban J connectivity index is 1.56. The van der Waals surface area contributed by atoms with Gasteiger partial charge in [0.05, 0.1) is 5.69 Å². The molecule has 4 aromatic rings. The SMILES string of the molecule is O=c1ccc(-c2ccc(OC(F)F)cc2)nn1Cc1nnc(-c2ccccc2)[nH]1. The highest BCUT2D eigenvalue weighted by Crippen LogP contribution is 2.21. The third kappa shape index (κ3) is 4.34. The molecule has 0 aliphatic carbocycles. The summed E-state index contributed by atoms with van der Waals surface area (Å²) in [5.74, 6) is 1.13. The first-order valence-electron chi connectivity index (χ1n) is 8.69. The average molecular weight is 395 g/mol. The first-order valence-corrected chi connectivity index (χ1v) is 8.69. The summed E-state index contributed by atoms with van der Waals surface area (Å²) < 4.78 is 30.1. The molecule has 0 saturated heterocycles. The Bertz CT molecular complexity index is 1160. The van der Waals surface area contributed by atoms with Gasteiger partial charge in [0.1, 0.15) is 12.3 Å². The van der Waals surface area contributed by atoms with Crippen LogP contribution in [0.25, 0.3) is 22.6 Å². The smallest absolute Gasteiger partial charge is 0.387 e. The summed E-state index contributed by atoms with van der Waals surface area (Å²) in [7, 11) is 0. The van der Waals surface area contributed by atoms with Crippen molar-refractivity contribution >= 4 is 0 Å². The lowest BCUT2D eigenvalue weighted by Crippen LogP contribution is -2.23. The van der Waals surface area contributed by atoms with Gasteiger partial charge in [-0.2, -0.15) is 13.9 Å². The molecule has 2 heterocycles. The fraction of sp³-hybridized carbons (Fsp3) is 0.100. The zero-order valence-electron chi connectivity index (χ0n) is 15.0. The maximum absolute atomic E-state index is 12.3. The quantitative estimate of drug-likeness (QED) is 0.541. The third-order valence-corrected chi connectivity index (χ3v) is 4.12. The van der Waals surface area contributed by atoms with Crippen molar-refractivity contribution in [2.24, 2.45) is 0 Å². The van der Waals surface area contributed by atoms with E-state index in [9.17, 15) is 13.6 Å². The second-order valence-corrected chi connectivity index (χ2v) is 6.10. The zero-order valence-corrected chi connectivity index (χ0v) is 15.0. The molecule has 2 aromatic carbocycles. The lowest BCUT2D eigenvalue weighted by atomic mass is 10.1. The Morgan fingerprint density at radius 1 is 0.931 bits per heavy atom. The number of ether oxygens (including phenoxy) is 1. The van der Waals surface area contributed by atoms with Crippen LogP contribution in [0.5, 0.6) is 5.75 Å². The van der Waals surface area contributed by atoms with E-state index in [1.165, 1.54) is 22.9 Å². The lowest BCUT2D eigenvalue weighted by Gasteiger charge is -2.07. The highest BCUT2D eigenvalue weighted by Gasteiger charge is 2.10. The van der Waals surface area contributed by atoms with Crippen LogP contribution in [0.3, 0.4) is 0 Å². The highest BCUT2D eigenvalue weighted by atomic mass is 19.3. The van der Waals surface area contributed by atoms with Crippen LogP contribution < -0.4 is 10.3 Å². The predicted molar refractivity (Wildman–Crippen MR) is 101 cm³/mol. The molecule has 0 amide bonds. The normalized spacial score (nSPS) is 11.0. The molecule has 4 rings (SSSR count). The number of nitrogens with one attached hydrogen (secondary N) is 1. The number of rotatable bonds is 6. The van der Waals surface area contributed by atoms with Crippen LogP contribution in [0.1, 0.15) is 5.82 Å². The molecule has 29 heavy (non-hydrogen) atoms. The van der Waals surface area contributed by atoms with Gasteiger partial charge < -0.3 is 9.72 Å². The number of hydrogen-bond acceptors (Lipinski definition) is 5. The van der Waals surface area contributed by atoms with Gasteiger partial charge in [-0.1, -0.05) is 30.3 Å². The fourth-order valence-corrected chi connectivity index (χ4v) is 2.76. The van der Waals surface area contributed by atoms with E-state index in [0.717, 1.165) is 5.56 Å². The molecule has 2 aromatic heterocycles. The van der Waals surface area contributed by atoms with Gasteiger partial charge in [0, 0.05) is 17.2 Å². The minimum absolute atomic E-state index is 0.0483. The van der Waals surface area contributed by atoms with Crippen molar-refractivity contribution in [1.29, 1.82) is 0 Å². The van der Waals surface area contributed by atoms with Crippen LogP contribution in [0.2, 0.25) is 0 Å². The van der Waals surface area contributed by atoms with Gasteiger partial charge in [0.2, 0.25) is 0 Å². The second-order valence-electron chi connectivity index (χ2n) is 6.10. The maximum atomic E-state index is 12.3. The van der Waals surface area contributed by atoms with Gasteiger partial charge >= 0.3 is 6.61 Å². The molecule has 0 fully saturated rings. The van der Waals surface area contributed by atoms with Crippen LogP contribution in [0.15, 0.2) is 71.5 Å². The van der Waals surface area contributed by atoms with Gasteiger partial charge in [-0.15, -0.1) is 10.2 Å². The molecule has 0 bridgehead atoms. The van der Waals surface area contributed by atoms with Crippen LogP contribution in [-0.4, -0.2) is 31.6 Å². The fourth-order valence-electron chi connectivity index (χ4n) is 2.76. The van der Waals surface area contributed by atoms with Crippen molar-refractivity contribution in [3.05, 3.63) is 82.9 Å².